The highest BCUT2D eigenvalue weighted by molar-refractivity contribution is 7.90. The van der Waals surface area contributed by atoms with Crippen LogP contribution in [0.4, 0.5) is 5.69 Å². The van der Waals surface area contributed by atoms with Gasteiger partial charge in [-0.15, -0.1) is 0 Å². The van der Waals surface area contributed by atoms with Gasteiger partial charge in [0, 0.05) is 12.1 Å². The first-order valence-electron chi connectivity index (χ1n) is 6.93. The Labute approximate surface area is 134 Å². The van der Waals surface area contributed by atoms with Gasteiger partial charge in [-0.2, -0.15) is 13.1 Å². The van der Waals surface area contributed by atoms with E-state index in [1.165, 1.54) is 6.39 Å². The molecule has 3 aromatic rings. The van der Waals surface area contributed by atoms with Crippen molar-refractivity contribution < 1.29 is 12.8 Å². The van der Waals surface area contributed by atoms with Crippen molar-refractivity contribution in [2.24, 2.45) is 0 Å². The summed E-state index contributed by atoms with van der Waals surface area (Å²) in [6.07, 6.45) is 2.90. The zero-order chi connectivity index (χ0) is 16.1. The van der Waals surface area contributed by atoms with E-state index < -0.39 is 10.2 Å². The predicted molar refractivity (Wildman–Crippen MR) is 87.8 cm³/mol. The number of nitrogens with one attached hydrogen (secondary N) is 2. The minimum atomic E-state index is -3.66. The smallest absolute Gasteiger partial charge is 0.299 e. The molecule has 0 aliphatic heterocycles. The Morgan fingerprint density at radius 1 is 1.04 bits per heavy atom. The molecule has 6 nitrogen and oxygen atoms in total. The molecule has 1 heterocycles. The quantitative estimate of drug-likeness (QED) is 0.728. The number of benzene rings is 2. The Balaban J connectivity index is 1.69. The molecule has 0 fully saturated rings. The van der Waals surface area contributed by atoms with Gasteiger partial charge in [-0.1, -0.05) is 42.5 Å². The number of oxazole rings is 1. The fourth-order valence-electron chi connectivity index (χ4n) is 2.06. The van der Waals surface area contributed by atoms with Crippen LogP contribution in [0.15, 0.2) is 71.6 Å². The van der Waals surface area contributed by atoms with Gasteiger partial charge in [0.25, 0.3) is 10.2 Å². The lowest BCUT2D eigenvalue weighted by molar-refractivity contribution is 0.572. The second kappa shape index (κ2) is 6.64. The van der Waals surface area contributed by atoms with Gasteiger partial charge in [0.05, 0.1) is 11.9 Å². The maximum Gasteiger partial charge on any atom is 0.299 e. The van der Waals surface area contributed by atoms with E-state index in [0.29, 0.717) is 11.4 Å². The van der Waals surface area contributed by atoms with E-state index in [2.05, 4.69) is 14.4 Å². The predicted octanol–water partition coefficient (Wildman–Crippen LogP) is 2.79. The Morgan fingerprint density at radius 3 is 2.61 bits per heavy atom. The average molecular weight is 329 g/mol. The zero-order valence-corrected chi connectivity index (χ0v) is 13.0. The first-order chi connectivity index (χ1) is 11.1. The van der Waals surface area contributed by atoms with E-state index in [4.69, 9.17) is 4.42 Å². The standard InChI is InChI=1S/C16H15N3O3S/c20-23(21,18-10-13-5-2-1-3-6-13)19-15-8-4-7-14(9-15)16-11-17-12-22-16/h1-9,11-12,18-19H,10H2. The van der Waals surface area contributed by atoms with Crippen molar-refractivity contribution in [1.29, 1.82) is 0 Å². The van der Waals surface area contributed by atoms with E-state index in [0.717, 1.165) is 11.1 Å². The van der Waals surface area contributed by atoms with Crippen LogP contribution in [0, 0.1) is 0 Å². The molecule has 0 aliphatic rings. The summed E-state index contributed by atoms with van der Waals surface area (Å²) in [6, 6.07) is 16.2. The summed E-state index contributed by atoms with van der Waals surface area (Å²) in [6.45, 7) is 0.220. The van der Waals surface area contributed by atoms with Gasteiger partial charge in [0.1, 0.15) is 0 Å². The van der Waals surface area contributed by atoms with Gasteiger partial charge >= 0.3 is 0 Å². The van der Waals surface area contributed by atoms with E-state index in [9.17, 15) is 8.42 Å². The van der Waals surface area contributed by atoms with Crippen molar-refractivity contribution in [3.8, 4) is 11.3 Å². The van der Waals surface area contributed by atoms with Gasteiger partial charge in [-0.3, -0.25) is 4.72 Å². The molecule has 0 unspecified atom stereocenters. The van der Waals surface area contributed by atoms with Crippen molar-refractivity contribution in [2.45, 2.75) is 6.54 Å². The molecule has 0 spiro atoms. The van der Waals surface area contributed by atoms with Crippen LogP contribution in [0.25, 0.3) is 11.3 Å². The zero-order valence-electron chi connectivity index (χ0n) is 12.1. The van der Waals surface area contributed by atoms with Crippen molar-refractivity contribution in [2.75, 3.05) is 4.72 Å². The monoisotopic (exact) mass is 329 g/mol. The van der Waals surface area contributed by atoms with Crippen molar-refractivity contribution in [3.05, 3.63) is 72.8 Å². The number of anilines is 1. The van der Waals surface area contributed by atoms with E-state index >= 15 is 0 Å². The van der Waals surface area contributed by atoms with Gasteiger partial charge in [-0.25, -0.2) is 4.98 Å². The molecular formula is C16H15N3O3S. The van der Waals surface area contributed by atoms with Crippen LogP contribution in [-0.4, -0.2) is 13.4 Å². The highest BCUT2D eigenvalue weighted by Gasteiger charge is 2.10. The van der Waals surface area contributed by atoms with E-state index in [1.807, 2.05) is 36.4 Å². The highest BCUT2D eigenvalue weighted by Crippen LogP contribution is 2.22. The van der Waals surface area contributed by atoms with Gasteiger partial charge < -0.3 is 4.42 Å². The van der Waals surface area contributed by atoms with Crippen LogP contribution in [-0.2, 0) is 16.8 Å². The third-order valence-electron chi connectivity index (χ3n) is 3.14. The highest BCUT2D eigenvalue weighted by atomic mass is 32.2. The Morgan fingerprint density at radius 2 is 1.87 bits per heavy atom. The van der Waals surface area contributed by atoms with Gasteiger partial charge in [0.15, 0.2) is 12.2 Å². The summed E-state index contributed by atoms with van der Waals surface area (Å²) >= 11 is 0. The van der Waals surface area contributed by atoms with Crippen LogP contribution >= 0.6 is 0 Å². The first kappa shape index (κ1) is 15.3. The molecule has 0 saturated carbocycles. The van der Waals surface area contributed by atoms with E-state index in [-0.39, 0.29) is 6.54 Å². The molecule has 1 aromatic heterocycles. The molecule has 0 saturated heterocycles. The molecule has 23 heavy (non-hydrogen) atoms. The Bertz CT molecular complexity index is 863. The minimum Gasteiger partial charge on any atom is -0.444 e. The topological polar surface area (TPSA) is 84.2 Å². The van der Waals surface area contributed by atoms with Crippen LogP contribution in [0.1, 0.15) is 5.56 Å². The summed E-state index contributed by atoms with van der Waals surface area (Å²) in [5.41, 5.74) is 2.07. The summed E-state index contributed by atoms with van der Waals surface area (Å²) in [5, 5.41) is 0. The second-order valence-corrected chi connectivity index (χ2v) is 6.36. The van der Waals surface area contributed by atoms with Gasteiger partial charge in [0.2, 0.25) is 0 Å². The molecule has 3 rings (SSSR count). The van der Waals surface area contributed by atoms with Crippen molar-refractivity contribution in [3.63, 3.8) is 0 Å². The molecule has 0 amide bonds. The number of rotatable bonds is 6. The van der Waals surface area contributed by atoms with Crippen LogP contribution in [0.3, 0.4) is 0 Å². The van der Waals surface area contributed by atoms with Crippen molar-refractivity contribution >= 4 is 15.9 Å². The largest absolute Gasteiger partial charge is 0.444 e. The molecule has 0 bridgehead atoms. The molecule has 7 heteroatoms. The van der Waals surface area contributed by atoms with Gasteiger partial charge in [-0.05, 0) is 17.7 Å². The molecule has 0 atom stereocenters. The maximum absolute atomic E-state index is 12.1. The SMILES string of the molecule is O=S(=O)(NCc1ccccc1)Nc1cccc(-c2cnco2)c1. The lowest BCUT2D eigenvalue weighted by Crippen LogP contribution is -2.29. The molecule has 2 N–H and O–H groups in total. The number of hydrogen-bond acceptors (Lipinski definition) is 4. The van der Waals surface area contributed by atoms with Crippen LogP contribution in [0.5, 0.6) is 0 Å². The summed E-state index contributed by atoms with van der Waals surface area (Å²) < 4.78 is 34.4. The summed E-state index contributed by atoms with van der Waals surface area (Å²) in [5.74, 6) is 0.572. The molecule has 0 aliphatic carbocycles. The third kappa shape index (κ3) is 4.18. The normalized spacial score (nSPS) is 11.3. The molecule has 118 valence electrons. The number of nitrogens with zero attached hydrogens (tertiary/aromatic N) is 1. The lowest BCUT2D eigenvalue weighted by atomic mass is 10.2. The van der Waals surface area contributed by atoms with Crippen LogP contribution in [0.2, 0.25) is 0 Å². The summed E-state index contributed by atoms with van der Waals surface area (Å²) in [7, 11) is -3.66. The Kier molecular flexibility index (Phi) is 4.40. The number of aromatic nitrogens is 1. The lowest BCUT2D eigenvalue weighted by Gasteiger charge is -2.10. The third-order valence-corrected chi connectivity index (χ3v) is 4.17. The molecule has 2 aromatic carbocycles. The second-order valence-electron chi connectivity index (χ2n) is 4.86. The first-order valence-corrected chi connectivity index (χ1v) is 8.41. The fraction of sp³-hybridized carbons (Fsp3) is 0.0625. The fourth-order valence-corrected chi connectivity index (χ4v) is 2.93. The molecule has 0 radical (unpaired) electrons. The number of hydrogen-bond donors (Lipinski definition) is 2. The Hall–Kier alpha value is -2.64. The van der Waals surface area contributed by atoms with Crippen LogP contribution < -0.4 is 9.44 Å². The average Bonchev–Trinajstić information content (AvgIpc) is 3.08. The maximum atomic E-state index is 12.1. The van der Waals surface area contributed by atoms with Crippen molar-refractivity contribution in [1.82, 2.24) is 9.71 Å². The minimum absolute atomic E-state index is 0.220. The summed E-state index contributed by atoms with van der Waals surface area (Å²) in [4.78, 5) is 3.85. The molecular weight excluding hydrogens is 314 g/mol. The van der Waals surface area contributed by atoms with E-state index in [1.54, 1.807) is 24.4 Å².